The molecule has 0 saturated heterocycles. The maximum absolute atomic E-state index is 11.5. The second-order valence-electron chi connectivity index (χ2n) is 3.67. The molecule has 5 nitrogen and oxygen atoms in total. The first kappa shape index (κ1) is 13.1. The van der Waals surface area contributed by atoms with Crippen LogP contribution >= 0.6 is 27.7 Å². The topological polar surface area (TPSA) is 67.8 Å². The van der Waals surface area contributed by atoms with Crippen molar-refractivity contribution in [1.29, 1.82) is 0 Å². The highest BCUT2D eigenvalue weighted by Crippen LogP contribution is 2.30. The number of benzene rings is 1. The van der Waals surface area contributed by atoms with E-state index in [2.05, 4.69) is 26.1 Å². The van der Waals surface area contributed by atoms with Crippen LogP contribution in [0.1, 0.15) is 17.3 Å². The van der Waals surface area contributed by atoms with Crippen molar-refractivity contribution in [3.05, 3.63) is 38.7 Å². The van der Waals surface area contributed by atoms with Crippen LogP contribution < -0.4 is 5.69 Å². The Morgan fingerprint density at radius 3 is 2.78 bits per heavy atom. The van der Waals surface area contributed by atoms with Gasteiger partial charge >= 0.3 is 5.69 Å². The zero-order valence-corrected chi connectivity index (χ0v) is 12.1. The fourth-order valence-electron chi connectivity index (χ4n) is 1.39. The molecule has 0 radical (unpaired) electrons. The number of hydrogen-bond acceptors (Lipinski definition) is 4. The molecule has 94 valence electrons. The number of Topliss-reactive ketones (excluding diaryl/α,β-unsaturated/α-hetero) is 1. The summed E-state index contributed by atoms with van der Waals surface area (Å²) in [6.45, 7) is 1.51. The van der Waals surface area contributed by atoms with Crippen LogP contribution in [-0.4, -0.2) is 20.5 Å². The van der Waals surface area contributed by atoms with Gasteiger partial charge in [-0.25, -0.2) is 9.89 Å². The molecule has 0 spiro atoms. The highest BCUT2D eigenvalue weighted by molar-refractivity contribution is 9.10. The lowest BCUT2D eigenvalue weighted by Crippen LogP contribution is -2.12. The van der Waals surface area contributed by atoms with Crippen LogP contribution in [0.3, 0.4) is 0 Å². The molecule has 0 aliphatic rings. The number of nitrogens with zero attached hydrogens (tertiary/aromatic N) is 2. The molecule has 2 aromatic rings. The van der Waals surface area contributed by atoms with Gasteiger partial charge in [-0.3, -0.25) is 9.36 Å². The van der Waals surface area contributed by atoms with E-state index in [1.165, 1.54) is 23.3 Å². The minimum Gasteiger partial charge on any atom is -0.294 e. The fourth-order valence-corrected chi connectivity index (χ4v) is 2.92. The molecule has 0 bridgehead atoms. The normalized spacial score (nSPS) is 10.6. The largest absolute Gasteiger partial charge is 0.343 e. The van der Waals surface area contributed by atoms with Crippen molar-refractivity contribution in [2.45, 2.75) is 17.0 Å². The Balaban J connectivity index is 2.45. The third-order valence-electron chi connectivity index (χ3n) is 2.36. The predicted molar refractivity (Wildman–Crippen MR) is 72.1 cm³/mol. The Bertz CT molecular complexity index is 663. The Kier molecular flexibility index (Phi) is 3.72. The average molecular weight is 328 g/mol. The summed E-state index contributed by atoms with van der Waals surface area (Å²) in [5, 5.41) is 6.78. The van der Waals surface area contributed by atoms with E-state index in [0.29, 0.717) is 10.7 Å². The predicted octanol–water partition coefficient (Wildman–Crippen LogP) is 2.22. The molecule has 0 aliphatic heterocycles. The summed E-state index contributed by atoms with van der Waals surface area (Å²) in [6, 6.07) is 5.39. The second-order valence-corrected chi connectivity index (χ2v) is 5.59. The molecule has 1 aromatic carbocycles. The van der Waals surface area contributed by atoms with E-state index in [1.54, 1.807) is 13.1 Å². The lowest BCUT2D eigenvalue weighted by atomic mass is 10.1. The van der Waals surface area contributed by atoms with Gasteiger partial charge in [0.05, 0.1) is 0 Å². The Morgan fingerprint density at radius 1 is 1.50 bits per heavy atom. The number of carbonyl (C=O) groups excluding carboxylic acids is 1. The first-order valence-electron chi connectivity index (χ1n) is 5.09. The molecule has 1 aromatic heterocycles. The van der Waals surface area contributed by atoms with Gasteiger partial charge in [0, 0.05) is 22.0 Å². The summed E-state index contributed by atoms with van der Waals surface area (Å²) in [5.74, 6) is -0.0227. The minimum absolute atomic E-state index is 0.0227. The standard InChI is InChI=1S/C11H10BrN3O2S/c1-6(16)8-4-3-7(12)5-9(8)18-11-14-13-10(17)15(11)2/h3-5H,1-2H3,(H,13,17). The van der Waals surface area contributed by atoms with E-state index >= 15 is 0 Å². The maximum atomic E-state index is 11.5. The Morgan fingerprint density at radius 2 is 2.22 bits per heavy atom. The van der Waals surface area contributed by atoms with Crippen LogP contribution in [0.2, 0.25) is 0 Å². The van der Waals surface area contributed by atoms with E-state index in [0.717, 1.165) is 9.37 Å². The molecule has 1 heterocycles. The Labute approximate surface area is 116 Å². The highest BCUT2D eigenvalue weighted by atomic mass is 79.9. The van der Waals surface area contributed by atoms with Crippen molar-refractivity contribution < 1.29 is 4.79 Å². The average Bonchev–Trinajstić information content (AvgIpc) is 2.61. The first-order valence-corrected chi connectivity index (χ1v) is 6.69. The third-order valence-corrected chi connectivity index (χ3v) is 3.96. The molecule has 1 N–H and O–H groups in total. The summed E-state index contributed by atoms with van der Waals surface area (Å²) < 4.78 is 2.27. The van der Waals surface area contributed by atoms with Crippen LogP contribution in [0.15, 0.2) is 37.5 Å². The van der Waals surface area contributed by atoms with Crippen LogP contribution in [0.4, 0.5) is 0 Å². The molecule has 18 heavy (non-hydrogen) atoms. The monoisotopic (exact) mass is 327 g/mol. The van der Waals surface area contributed by atoms with E-state index in [1.807, 2.05) is 12.1 Å². The van der Waals surface area contributed by atoms with Gasteiger partial charge in [0.2, 0.25) is 0 Å². The second kappa shape index (κ2) is 5.11. The minimum atomic E-state index is -0.281. The number of carbonyl (C=O) groups is 1. The molecule has 2 rings (SSSR count). The van der Waals surface area contributed by atoms with Crippen LogP contribution in [0.5, 0.6) is 0 Å². The summed E-state index contributed by atoms with van der Waals surface area (Å²) >= 11 is 4.64. The number of H-pyrrole nitrogens is 1. The molecular formula is C11H10BrN3O2S. The van der Waals surface area contributed by atoms with Crippen LogP contribution in [-0.2, 0) is 7.05 Å². The molecule has 0 fully saturated rings. The zero-order chi connectivity index (χ0) is 13.3. The van der Waals surface area contributed by atoms with Gasteiger partial charge in [0.25, 0.3) is 0 Å². The van der Waals surface area contributed by atoms with Gasteiger partial charge in [0.1, 0.15) is 0 Å². The van der Waals surface area contributed by atoms with Crippen LogP contribution in [0.25, 0.3) is 0 Å². The molecule has 0 atom stereocenters. The number of nitrogens with one attached hydrogen (secondary N) is 1. The van der Waals surface area contributed by atoms with Crippen molar-refractivity contribution in [3.63, 3.8) is 0 Å². The number of aromatic nitrogens is 3. The molecule has 0 unspecified atom stereocenters. The SMILES string of the molecule is CC(=O)c1ccc(Br)cc1Sc1n[nH]c(=O)n1C. The van der Waals surface area contributed by atoms with Crippen molar-refractivity contribution >= 4 is 33.5 Å². The summed E-state index contributed by atoms with van der Waals surface area (Å²) in [6.07, 6.45) is 0. The summed E-state index contributed by atoms with van der Waals surface area (Å²) in [4.78, 5) is 23.6. The smallest absolute Gasteiger partial charge is 0.294 e. The molecule has 0 amide bonds. The van der Waals surface area contributed by atoms with E-state index in [4.69, 9.17) is 0 Å². The van der Waals surface area contributed by atoms with Crippen molar-refractivity contribution in [3.8, 4) is 0 Å². The summed E-state index contributed by atoms with van der Waals surface area (Å²) in [5.41, 5.74) is 0.329. The quantitative estimate of drug-likeness (QED) is 0.878. The van der Waals surface area contributed by atoms with Gasteiger partial charge < -0.3 is 0 Å². The number of aromatic amines is 1. The van der Waals surface area contributed by atoms with Gasteiger partial charge in [0.15, 0.2) is 10.9 Å². The lowest BCUT2D eigenvalue weighted by molar-refractivity contribution is 0.101. The van der Waals surface area contributed by atoms with Gasteiger partial charge in [-0.2, -0.15) is 0 Å². The van der Waals surface area contributed by atoms with Gasteiger partial charge in [-0.15, -0.1) is 5.10 Å². The fraction of sp³-hybridized carbons (Fsp3) is 0.182. The number of hydrogen-bond donors (Lipinski definition) is 1. The Hall–Kier alpha value is -1.34. The zero-order valence-electron chi connectivity index (χ0n) is 9.73. The van der Waals surface area contributed by atoms with E-state index < -0.39 is 0 Å². The highest BCUT2D eigenvalue weighted by Gasteiger charge is 2.13. The van der Waals surface area contributed by atoms with Gasteiger partial charge in [-0.05, 0) is 36.9 Å². The van der Waals surface area contributed by atoms with E-state index in [-0.39, 0.29) is 11.5 Å². The maximum Gasteiger partial charge on any atom is 0.343 e. The molecular weight excluding hydrogens is 318 g/mol. The molecule has 0 saturated carbocycles. The number of ketones is 1. The van der Waals surface area contributed by atoms with Gasteiger partial charge in [-0.1, -0.05) is 15.9 Å². The molecule has 7 heteroatoms. The first-order chi connectivity index (χ1) is 8.49. The number of rotatable bonds is 3. The van der Waals surface area contributed by atoms with Crippen molar-refractivity contribution in [2.24, 2.45) is 7.05 Å². The third kappa shape index (κ3) is 2.56. The van der Waals surface area contributed by atoms with Crippen molar-refractivity contribution in [1.82, 2.24) is 14.8 Å². The molecule has 0 aliphatic carbocycles. The number of halogens is 1. The summed E-state index contributed by atoms with van der Waals surface area (Å²) in [7, 11) is 1.62. The van der Waals surface area contributed by atoms with Crippen LogP contribution in [0, 0.1) is 0 Å². The lowest BCUT2D eigenvalue weighted by Gasteiger charge is -2.06. The van der Waals surface area contributed by atoms with E-state index in [9.17, 15) is 9.59 Å². The van der Waals surface area contributed by atoms with Crippen molar-refractivity contribution in [2.75, 3.05) is 0 Å².